The molecule has 0 bridgehead atoms. The van der Waals surface area contributed by atoms with E-state index in [9.17, 15) is 5.11 Å². The molecule has 1 heterocycles. The van der Waals surface area contributed by atoms with Crippen LogP contribution in [0.15, 0.2) is 12.2 Å². The Hall–Kier alpha value is -0.380. The van der Waals surface area contributed by atoms with Gasteiger partial charge in [0.15, 0.2) is 5.79 Å². The van der Waals surface area contributed by atoms with Crippen LogP contribution in [0.25, 0.3) is 0 Å². The summed E-state index contributed by atoms with van der Waals surface area (Å²) in [6, 6.07) is 0. The van der Waals surface area contributed by atoms with Gasteiger partial charge in [-0.1, -0.05) is 32.9 Å². The number of hydrogen-bond donors (Lipinski definition) is 1. The van der Waals surface area contributed by atoms with E-state index in [1.54, 1.807) is 0 Å². The Morgan fingerprint density at radius 3 is 2.41 bits per heavy atom. The number of fused-ring (bicyclic) bond motifs is 1. The van der Waals surface area contributed by atoms with Crippen LogP contribution in [0.5, 0.6) is 0 Å². The van der Waals surface area contributed by atoms with E-state index in [0.29, 0.717) is 5.92 Å². The first kappa shape index (κ1) is 11.7. The zero-order valence-electron chi connectivity index (χ0n) is 10.8. The zero-order valence-corrected chi connectivity index (χ0v) is 10.8. The van der Waals surface area contributed by atoms with Gasteiger partial charge in [0.25, 0.3) is 0 Å². The van der Waals surface area contributed by atoms with Crippen molar-refractivity contribution in [3.63, 3.8) is 0 Å². The van der Waals surface area contributed by atoms with E-state index in [1.165, 1.54) is 0 Å². The first-order chi connectivity index (χ1) is 7.94. The van der Waals surface area contributed by atoms with Crippen LogP contribution in [0.2, 0.25) is 0 Å². The molecule has 0 aromatic rings. The monoisotopic (exact) mass is 238 g/mol. The Kier molecular flexibility index (Phi) is 2.45. The van der Waals surface area contributed by atoms with Crippen LogP contribution >= 0.6 is 0 Å². The van der Waals surface area contributed by atoms with Gasteiger partial charge in [-0.05, 0) is 5.92 Å². The van der Waals surface area contributed by atoms with E-state index >= 15 is 0 Å². The number of rotatable bonds is 0. The molecule has 0 amide bonds. The van der Waals surface area contributed by atoms with Crippen molar-refractivity contribution in [1.82, 2.24) is 0 Å². The minimum absolute atomic E-state index is 0.108. The molecule has 1 saturated heterocycles. The van der Waals surface area contributed by atoms with Crippen LogP contribution < -0.4 is 0 Å². The van der Waals surface area contributed by atoms with Crippen LogP contribution in [0.1, 0.15) is 27.2 Å². The van der Waals surface area contributed by atoms with Gasteiger partial charge in [-0.2, -0.15) is 0 Å². The Morgan fingerprint density at radius 1 is 1.18 bits per heavy atom. The summed E-state index contributed by atoms with van der Waals surface area (Å²) in [7, 11) is 0. The smallest absolute Gasteiger partial charge is 0.171 e. The molecule has 3 aliphatic rings. The van der Waals surface area contributed by atoms with Gasteiger partial charge in [0.1, 0.15) is 0 Å². The van der Waals surface area contributed by atoms with Gasteiger partial charge in [-0.25, -0.2) is 0 Å². The standard InChI is InChI=1S/C14H22O3/c1-9-12-10(4-5-11(12)15)6-14(9)16-7-13(2,3)8-17-14/h4-5,9-12,15H,6-8H2,1-3H3/t9-,10+,11-,12-/m0/s1. The molecule has 1 spiro atoms. The zero-order chi connectivity index (χ0) is 12.3. The molecular formula is C14H22O3. The summed E-state index contributed by atoms with van der Waals surface area (Å²) in [5.41, 5.74) is 0.108. The van der Waals surface area contributed by atoms with Gasteiger partial charge in [0.05, 0.1) is 19.3 Å². The van der Waals surface area contributed by atoms with E-state index < -0.39 is 5.79 Å². The molecule has 0 aromatic carbocycles. The predicted octanol–water partition coefficient (Wildman–Crippen LogP) is 1.96. The summed E-state index contributed by atoms with van der Waals surface area (Å²) >= 11 is 0. The summed E-state index contributed by atoms with van der Waals surface area (Å²) in [5.74, 6) is 0.502. The molecule has 1 aliphatic heterocycles. The second kappa shape index (κ2) is 3.56. The van der Waals surface area contributed by atoms with Crippen LogP contribution in [-0.2, 0) is 9.47 Å². The number of aliphatic hydroxyl groups is 1. The van der Waals surface area contributed by atoms with Gasteiger partial charge < -0.3 is 14.6 Å². The first-order valence-electron chi connectivity index (χ1n) is 6.58. The maximum atomic E-state index is 9.99. The third-order valence-electron chi connectivity index (χ3n) is 4.65. The highest BCUT2D eigenvalue weighted by Crippen LogP contribution is 2.53. The van der Waals surface area contributed by atoms with Gasteiger partial charge in [-0.3, -0.25) is 0 Å². The molecule has 2 fully saturated rings. The van der Waals surface area contributed by atoms with E-state index in [2.05, 4.69) is 26.8 Å². The number of hydrogen-bond acceptors (Lipinski definition) is 3. The quantitative estimate of drug-likeness (QED) is 0.656. The highest BCUT2D eigenvalue weighted by molar-refractivity contribution is 5.16. The number of allylic oxidation sites excluding steroid dienone is 1. The summed E-state index contributed by atoms with van der Waals surface area (Å²) in [6.07, 6.45) is 4.62. The topological polar surface area (TPSA) is 38.7 Å². The summed E-state index contributed by atoms with van der Waals surface area (Å²) in [6.45, 7) is 7.97. The summed E-state index contributed by atoms with van der Waals surface area (Å²) in [4.78, 5) is 0. The Labute approximate surface area is 103 Å². The van der Waals surface area contributed by atoms with Crippen molar-refractivity contribution in [2.45, 2.75) is 39.1 Å². The van der Waals surface area contributed by atoms with Crippen molar-refractivity contribution in [2.24, 2.45) is 23.2 Å². The van der Waals surface area contributed by atoms with Crippen LogP contribution in [0.3, 0.4) is 0 Å². The first-order valence-corrected chi connectivity index (χ1v) is 6.58. The molecule has 2 aliphatic carbocycles. The second-order valence-electron chi connectivity index (χ2n) is 6.66. The third-order valence-corrected chi connectivity index (χ3v) is 4.65. The molecule has 0 aromatic heterocycles. The Balaban J connectivity index is 1.80. The average Bonchev–Trinajstić information content (AvgIpc) is 2.74. The number of aliphatic hydroxyl groups excluding tert-OH is 1. The molecule has 0 unspecified atom stereocenters. The fourth-order valence-electron chi connectivity index (χ4n) is 3.54. The van der Waals surface area contributed by atoms with Gasteiger partial charge in [-0.15, -0.1) is 0 Å². The Morgan fingerprint density at radius 2 is 1.82 bits per heavy atom. The minimum Gasteiger partial charge on any atom is -0.389 e. The molecule has 17 heavy (non-hydrogen) atoms. The minimum atomic E-state index is -0.448. The van der Waals surface area contributed by atoms with Crippen LogP contribution in [-0.4, -0.2) is 30.2 Å². The fourth-order valence-corrected chi connectivity index (χ4v) is 3.54. The molecule has 1 saturated carbocycles. The van der Waals surface area contributed by atoms with Crippen molar-refractivity contribution in [2.75, 3.05) is 13.2 Å². The lowest BCUT2D eigenvalue weighted by Crippen LogP contribution is -2.50. The normalized spacial score (nSPS) is 46.4. The third kappa shape index (κ3) is 1.67. The molecule has 1 N–H and O–H groups in total. The maximum absolute atomic E-state index is 9.99. The lowest BCUT2D eigenvalue weighted by molar-refractivity contribution is -0.315. The highest BCUT2D eigenvalue weighted by Gasteiger charge is 2.58. The summed E-state index contributed by atoms with van der Waals surface area (Å²) in [5, 5.41) is 9.99. The van der Waals surface area contributed by atoms with E-state index in [4.69, 9.17) is 9.47 Å². The molecular weight excluding hydrogens is 216 g/mol. The molecule has 96 valence electrons. The van der Waals surface area contributed by atoms with Crippen molar-refractivity contribution in [3.8, 4) is 0 Å². The molecule has 3 nitrogen and oxygen atoms in total. The van der Waals surface area contributed by atoms with Gasteiger partial charge >= 0.3 is 0 Å². The van der Waals surface area contributed by atoms with Crippen molar-refractivity contribution in [1.29, 1.82) is 0 Å². The van der Waals surface area contributed by atoms with Crippen LogP contribution in [0.4, 0.5) is 0 Å². The van der Waals surface area contributed by atoms with Gasteiger partial charge in [0, 0.05) is 23.7 Å². The molecule has 3 heteroatoms. The molecule has 0 radical (unpaired) electrons. The van der Waals surface area contributed by atoms with E-state index in [0.717, 1.165) is 19.6 Å². The lowest BCUT2D eigenvalue weighted by Gasteiger charge is -2.44. The predicted molar refractivity (Wildman–Crippen MR) is 64.3 cm³/mol. The van der Waals surface area contributed by atoms with Gasteiger partial charge in [0.2, 0.25) is 0 Å². The molecule has 4 atom stereocenters. The Bertz CT molecular complexity index is 337. The van der Waals surface area contributed by atoms with E-state index in [-0.39, 0.29) is 23.4 Å². The van der Waals surface area contributed by atoms with E-state index in [1.807, 2.05) is 6.08 Å². The van der Waals surface area contributed by atoms with Crippen LogP contribution in [0, 0.1) is 23.2 Å². The fraction of sp³-hybridized carbons (Fsp3) is 0.857. The van der Waals surface area contributed by atoms with Crippen molar-refractivity contribution < 1.29 is 14.6 Å². The van der Waals surface area contributed by atoms with Crippen molar-refractivity contribution >= 4 is 0 Å². The average molecular weight is 238 g/mol. The summed E-state index contributed by atoms with van der Waals surface area (Å²) < 4.78 is 12.1. The number of ether oxygens (including phenoxy) is 2. The SMILES string of the molecule is C[C@H]1[C@H]2[C@H](C=C[C@@H]2O)CC12OCC(C)(C)CO2. The molecule has 3 rings (SSSR count). The highest BCUT2D eigenvalue weighted by atomic mass is 16.7. The second-order valence-corrected chi connectivity index (χ2v) is 6.66. The largest absolute Gasteiger partial charge is 0.389 e. The maximum Gasteiger partial charge on any atom is 0.171 e. The van der Waals surface area contributed by atoms with Crippen molar-refractivity contribution in [3.05, 3.63) is 12.2 Å². The lowest BCUT2D eigenvalue weighted by atomic mass is 9.88.